The van der Waals surface area contributed by atoms with E-state index >= 15 is 0 Å². The first-order valence-corrected chi connectivity index (χ1v) is 16.3. The number of hydrogen-bond donors (Lipinski definition) is 0. The predicted octanol–water partition coefficient (Wildman–Crippen LogP) is 7.24. The third-order valence-electron chi connectivity index (χ3n) is 6.95. The monoisotopic (exact) mass is 714 g/mol. The molecule has 0 amide bonds. The summed E-state index contributed by atoms with van der Waals surface area (Å²) in [5, 5.41) is 0.965. The van der Waals surface area contributed by atoms with Crippen LogP contribution in [-0.2, 0) is 16.1 Å². The molecule has 0 aliphatic carbocycles. The van der Waals surface area contributed by atoms with E-state index < -0.39 is 12.0 Å². The maximum atomic E-state index is 14.1. The zero-order valence-corrected chi connectivity index (χ0v) is 28.1. The summed E-state index contributed by atoms with van der Waals surface area (Å²) >= 11 is 16.9. The van der Waals surface area contributed by atoms with E-state index in [2.05, 4.69) is 15.9 Å². The smallest absolute Gasteiger partial charge is 0.338 e. The Bertz CT molecular complexity index is 1920. The lowest BCUT2D eigenvalue weighted by atomic mass is 9.93. The highest BCUT2D eigenvalue weighted by Gasteiger charge is 2.36. The molecule has 11 heteroatoms. The van der Waals surface area contributed by atoms with Crippen molar-refractivity contribution in [2.75, 3.05) is 13.7 Å². The van der Waals surface area contributed by atoms with Gasteiger partial charge in [-0.2, -0.15) is 0 Å². The molecule has 0 spiro atoms. The first kappa shape index (κ1) is 32.0. The van der Waals surface area contributed by atoms with Gasteiger partial charge in [-0.25, -0.2) is 9.79 Å². The number of thiazole rings is 1. The average Bonchev–Trinajstić information content (AvgIpc) is 3.32. The number of ether oxygens (including phenoxy) is 3. The Kier molecular flexibility index (Phi) is 10.3. The number of rotatable bonds is 10. The summed E-state index contributed by atoms with van der Waals surface area (Å²) in [5.74, 6) is 0.709. The number of carbonyl (C=O) groups is 1. The molecule has 1 aliphatic heterocycles. The molecule has 44 heavy (non-hydrogen) atoms. The molecule has 0 bridgehead atoms. The van der Waals surface area contributed by atoms with Gasteiger partial charge in [-0.15, -0.1) is 0 Å². The fourth-order valence-corrected chi connectivity index (χ4v) is 6.66. The van der Waals surface area contributed by atoms with Gasteiger partial charge in [-0.3, -0.25) is 9.36 Å². The predicted molar refractivity (Wildman–Crippen MR) is 178 cm³/mol. The summed E-state index contributed by atoms with van der Waals surface area (Å²) in [5.41, 5.74) is 3.04. The molecule has 2 heterocycles. The quantitative estimate of drug-likeness (QED) is 0.162. The van der Waals surface area contributed by atoms with Crippen LogP contribution >= 0.6 is 50.5 Å². The van der Waals surface area contributed by atoms with Gasteiger partial charge in [0.2, 0.25) is 0 Å². The van der Waals surface area contributed by atoms with Crippen LogP contribution in [0.5, 0.6) is 11.5 Å². The average molecular weight is 716 g/mol. The van der Waals surface area contributed by atoms with Gasteiger partial charge in [0.25, 0.3) is 5.56 Å². The topological polar surface area (TPSA) is 79.1 Å². The van der Waals surface area contributed by atoms with E-state index in [9.17, 15) is 9.59 Å². The largest absolute Gasteiger partial charge is 0.496 e. The van der Waals surface area contributed by atoms with Crippen molar-refractivity contribution < 1.29 is 19.0 Å². The highest BCUT2D eigenvalue weighted by atomic mass is 79.9. The summed E-state index contributed by atoms with van der Waals surface area (Å²) in [6, 6.07) is 17.6. The highest BCUT2D eigenvalue weighted by Crippen LogP contribution is 2.38. The minimum Gasteiger partial charge on any atom is -0.496 e. The van der Waals surface area contributed by atoms with Crippen LogP contribution in [0.4, 0.5) is 0 Å². The summed E-state index contributed by atoms with van der Waals surface area (Å²) < 4.78 is 19.9. The number of nitrogens with zero attached hydrogens (tertiary/aromatic N) is 2. The van der Waals surface area contributed by atoms with E-state index in [-0.39, 0.29) is 12.2 Å². The van der Waals surface area contributed by atoms with E-state index in [1.807, 2.05) is 61.5 Å². The third-order valence-corrected chi connectivity index (χ3v) is 9.16. The molecule has 0 saturated carbocycles. The highest BCUT2D eigenvalue weighted by molar-refractivity contribution is 9.10. The van der Waals surface area contributed by atoms with Crippen LogP contribution in [-0.4, -0.2) is 24.3 Å². The van der Waals surface area contributed by atoms with Gasteiger partial charge in [-0.1, -0.05) is 82.0 Å². The van der Waals surface area contributed by atoms with Gasteiger partial charge in [0.15, 0.2) is 4.80 Å². The van der Waals surface area contributed by atoms with E-state index in [4.69, 9.17) is 42.4 Å². The molecule has 0 N–H and O–H groups in total. The molecule has 7 nitrogen and oxygen atoms in total. The second-order valence-electron chi connectivity index (χ2n) is 9.91. The zero-order chi connectivity index (χ0) is 31.4. The fraction of sp³-hybridized carbons (Fsp3) is 0.242. The molecule has 4 aromatic rings. The van der Waals surface area contributed by atoms with Gasteiger partial charge in [0.1, 0.15) is 24.1 Å². The van der Waals surface area contributed by atoms with Crippen LogP contribution in [0.15, 0.2) is 86.2 Å². The molecular weight excluding hydrogens is 687 g/mol. The van der Waals surface area contributed by atoms with Gasteiger partial charge in [0.05, 0.1) is 39.6 Å². The molecule has 1 aromatic heterocycles. The number of methoxy groups -OCH3 is 1. The lowest BCUT2D eigenvalue weighted by Gasteiger charge is -2.27. The second kappa shape index (κ2) is 14.2. The Morgan fingerprint density at radius 1 is 1.07 bits per heavy atom. The van der Waals surface area contributed by atoms with Crippen molar-refractivity contribution in [1.29, 1.82) is 0 Å². The fourth-order valence-electron chi connectivity index (χ4n) is 4.94. The van der Waals surface area contributed by atoms with Crippen LogP contribution in [0.25, 0.3) is 6.08 Å². The number of aromatic nitrogens is 1. The van der Waals surface area contributed by atoms with Crippen molar-refractivity contribution in [3.8, 4) is 11.5 Å². The Morgan fingerprint density at radius 2 is 1.84 bits per heavy atom. The van der Waals surface area contributed by atoms with Gasteiger partial charge < -0.3 is 14.2 Å². The molecule has 0 saturated heterocycles. The van der Waals surface area contributed by atoms with E-state index in [0.29, 0.717) is 60.7 Å². The van der Waals surface area contributed by atoms with Gasteiger partial charge in [0, 0.05) is 10.0 Å². The van der Waals surface area contributed by atoms with Crippen molar-refractivity contribution in [1.82, 2.24) is 4.57 Å². The normalized spacial score (nSPS) is 14.7. The molecule has 1 aliphatic rings. The van der Waals surface area contributed by atoms with Crippen LogP contribution in [0.2, 0.25) is 10.0 Å². The minimum atomic E-state index is -0.779. The summed E-state index contributed by atoms with van der Waals surface area (Å²) in [4.78, 5) is 32.8. The summed E-state index contributed by atoms with van der Waals surface area (Å²) in [6.45, 7) is 4.30. The summed E-state index contributed by atoms with van der Waals surface area (Å²) in [6.07, 6.45) is 3.13. The Labute approximate surface area is 277 Å². The number of halogens is 3. The van der Waals surface area contributed by atoms with Crippen LogP contribution in [0.1, 0.15) is 49.4 Å². The van der Waals surface area contributed by atoms with Crippen LogP contribution in [0.3, 0.4) is 0 Å². The lowest BCUT2D eigenvalue weighted by Crippen LogP contribution is -2.40. The molecular formula is C33H29BrCl2N2O5S. The number of allylic oxidation sites excluding steroid dienone is 1. The van der Waals surface area contributed by atoms with Crippen LogP contribution < -0.4 is 24.4 Å². The lowest BCUT2D eigenvalue weighted by molar-refractivity contribution is -0.139. The third kappa shape index (κ3) is 6.81. The summed E-state index contributed by atoms with van der Waals surface area (Å²) in [7, 11) is 1.56. The Hall–Kier alpha value is -3.37. The first-order valence-electron chi connectivity index (χ1n) is 14.0. The van der Waals surface area contributed by atoms with Crippen molar-refractivity contribution >= 4 is 62.5 Å². The van der Waals surface area contributed by atoms with E-state index in [0.717, 1.165) is 22.0 Å². The number of benzene rings is 3. The van der Waals surface area contributed by atoms with Crippen molar-refractivity contribution in [2.24, 2.45) is 4.99 Å². The van der Waals surface area contributed by atoms with Crippen LogP contribution in [0, 0.1) is 0 Å². The standard InChI is InChI=1S/C33H29BrCl2N2O5S/c1-4-6-26-29(32(40)42-5-2)30(23-17-21(34)10-14-27(23)41-3)38-31(39)28(44-33(38)37-26)16-19-7-11-22(12-8-19)43-18-20-9-13-24(35)25(36)15-20/h7-17,30H,4-6,18H2,1-3H3/b28-16+/t30-/m1/s1. The number of carbonyl (C=O) groups excluding carboxylic acids is 1. The minimum absolute atomic E-state index is 0.196. The Balaban J connectivity index is 1.56. The van der Waals surface area contributed by atoms with Gasteiger partial charge >= 0.3 is 5.97 Å². The number of esters is 1. The maximum absolute atomic E-state index is 14.1. The SMILES string of the molecule is CCCC1=C(C(=O)OCC)[C@@H](c2cc(Br)ccc2OC)n2c(s/c(=C/c3ccc(OCc4ccc(Cl)c(Cl)c4)cc3)c2=O)=N1. The van der Waals surface area contributed by atoms with Crippen molar-refractivity contribution in [2.45, 2.75) is 39.3 Å². The molecule has 0 radical (unpaired) electrons. The van der Waals surface area contributed by atoms with Crippen molar-refractivity contribution in [3.05, 3.63) is 123 Å². The van der Waals surface area contributed by atoms with E-state index in [1.165, 1.54) is 11.3 Å². The molecule has 3 aromatic carbocycles. The number of fused-ring (bicyclic) bond motifs is 1. The first-order chi connectivity index (χ1) is 21.2. The number of hydrogen-bond acceptors (Lipinski definition) is 7. The van der Waals surface area contributed by atoms with E-state index in [1.54, 1.807) is 30.7 Å². The Morgan fingerprint density at radius 3 is 2.52 bits per heavy atom. The molecule has 5 rings (SSSR count). The molecule has 0 unspecified atom stereocenters. The van der Waals surface area contributed by atoms with Crippen molar-refractivity contribution in [3.63, 3.8) is 0 Å². The zero-order valence-electron chi connectivity index (χ0n) is 24.2. The second-order valence-corrected chi connectivity index (χ2v) is 12.6. The maximum Gasteiger partial charge on any atom is 0.338 e. The molecule has 228 valence electrons. The molecule has 1 atom stereocenters. The van der Waals surface area contributed by atoms with Gasteiger partial charge in [-0.05, 0) is 73.0 Å². The molecule has 0 fully saturated rings.